The molecule has 8 nitrogen and oxygen atoms in total. The van der Waals surface area contributed by atoms with E-state index in [4.69, 9.17) is 19.4 Å². The number of ether oxygens (including phenoxy) is 2. The van der Waals surface area contributed by atoms with E-state index in [1.807, 2.05) is 19.1 Å². The molecule has 3 N–H and O–H groups in total. The van der Waals surface area contributed by atoms with Gasteiger partial charge in [0.25, 0.3) is 12.4 Å². The minimum absolute atomic E-state index is 0.220. The Morgan fingerprint density at radius 2 is 1.97 bits per heavy atom. The summed E-state index contributed by atoms with van der Waals surface area (Å²) in [5.74, 6) is 1.21. The number of rotatable bonds is 5. The highest BCUT2D eigenvalue weighted by molar-refractivity contribution is 5.97. The number of hydrogen-bond acceptors (Lipinski definition) is 6. The third-order valence-corrected chi connectivity index (χ3v) is 6.70. The van der Waals surface area contributed by atoms with Crippen LogP contribution in [0.15, 0.2) is 24.3 Å². The number of nitrogens with zero attached hydrogens (tertiary/aromatic N) is 1. The number of aliphatic hydroxyl groups is 1. The number of benzene rings is 1. The van der Waals surface area contributed by atoms with Crippen molar-refractivity contribution in [2.24, 2.45) is 5.92 Å². The molecule has 4 rings (SSSR count). The van der Waals surface area contributed by atoms with Gasteiger partial charge in [-0.15, -0.1) is 0 Å². The minimum atomic E-state index is -0.735. The van der Waals surface area contributed by atoms with Gasteiger partial charge >= 0.3 is 0 Å². The molecule has 1 aliphatic carbocycles. The Hall–Kier alpha value is -2.16. The van der Waals surface area contributed by atoms with Gasteiger partial charge in [-0.25, -0.2) is 0 Å². The fourth-order valence-electron chi connectivity index (χ4n) is 4.69. The SMILES string of the molecule is COc1ccccc1C(=O)N[C@]1(C)CC2(CCN(CC3CC3)CC2)OC[C@H]1O.O=CO. The van der Waals surface area contributed by atoms with Crippen LogP contribution in [0.4, 0.5) is 0 Å². The van der Waals surface area contributed by atoms with E-state index in [2.05, 4.69) is 10.2 Å². The molecule has 8 heteroatoms. The number of carbonyl (C=O) groups is 2. The molecule has 0 aromatic heterocycles. The lowest BCUT2D eigenvalue weighted by molar-refractivity contribution is -0.177. The quantitative estimate of drug-likeness (QED) is 0.608. The number of piperidine rings is 1. The highest BCUT2D eigenvalue weighted by Crippen LogP contribution is 2.41. The van der Waals surface area contributed by atoms with E-state index in [0.717, 1.165) is 31.8 Å². The Labute approximate surface area is 183 Å². The molecule has 2 heterocycles. The first-order chi connectivity index (χ1) is 14.8. The van der Waals surface area contributed by atoms with Gasteiger partial charge in [-0.2, -0.15) is 0 Å². The fourth-order valence-corrected chi connectivity index (χ4v) is 4.69. The average molecular weight is 435 g/mol. The van der Waals surface area contributed by atoms with Gasteiger partial charge in [-0.1, -0.05) is 12.1 Å². The van der Waals surface area contributed by atoms with Gasteiger partial charge in [0, 0.05) is 26.1 Å². The van der Waals surface area contributed by atoms with Crippen LogP contribution in [0.1, 0.15) is 49.4 Å². The lowest BCUT2D eigenvalue weighted by Gasteiger charge is -2.52. The molecule has 1 amide bonds. The number of carboxylic acid groups (broad SMARTS) is 1. The predicted octanol–water partition coefficient (Wildman–Crippen LogP) is 1.91. The van der Waals surface area contributed by atoms with Crippen molar-refractivity contribution in [2.75, 3.05) is 33.4 Å². The predicted molar refractivity (Wildman–Crippen MR) is 115 cm³/mol. The Kier molecular flexibility index (Phi) is 7.56. The van der Waals surface area contributed by atoms with Crippen LogP contribution in [0, 0.1) is 5.92 Å². The maximum atomic E-state index is 12.9. The van der Waals surface area contributed by atoms with Gasteiger partial charge in [-0.3, -0.25) is 9.59 Å². The highest BCUT2D eigenvalue weighted by Gasteiger charge is 2.50. The molecule has 3 fully saturated rings. The maximum absolute atomic E-state index is 12.9. The van der Waals surface area contributed by atoms with Crippen molar-refractivity contribution >= 4 is 12.4 Å². The molecule has 0 radical (unpaired) electrons. The Morgan fingerprint density at radius 3 is 2.58 bits per heavy atom. The second-order valence-corrected chi connectivity index (χ2v) is 9.11. The third-order valence-electron chi connectivity index (χ3n) is 6.70. The minimum Gasteiger partial charge on any atom is -0.496 e. The first kappa shape index (κ1) is 23.5. The molecule has 1 saturated carbocycles. The van der Waals surface area contributed by atoms with Crippen molar-refractivity contribution in [2.45, 2.75) is 56.3 Å². The van der Waals surface area contributed by atoms with Crippen LogP contribution in [0.2, 0.25) is 0 Å². The third kappa shape index (κ3) is 5.75. The number of para-hydroxylation sites is 1. The van der Waals surface area contributed by atoms with Crippen molar-refractivity contribution in [3.63, 3.8) is 0 Å². The lowest BCUT2D eigenvalue weighted by atomic mass is 9.74. The number of nitrogens with one attached hydrogen (secondary N) is 1. The van der Waals surface area contributed by atoms with Crippen molar-refractivity contribution < 1.29 is 29.3 Å². The standard InChI is InChI=1S/C22H32N2O4.CH2O2/c1-21(23-20(26)17-5-3-4-6-18(17)27-2)15-22(28-14-19(21)25)9-11-24(12-10-22)13-16-7-8-16;2-1-3/h3-6,16,19,25H,7-15H2,1-2H3,(H,23,26);1H,(H,2,3)/t19-,21-;/m1./s1. The largest absolute Gasteiger partial charge is 0.496 e. The van der Waals surface area contributed by atoms with E-state index >= 15 is 0 Å². The van der Waals surface area contributed by atoms with Crippen LogP contribution in [0.25, 0.3) is 0 Å². The summed E-state index contributed by atoms with van der Waals surface area (Å²) in [4.78, 5) is 23.8. The topological polar surface area (TPSA) is 108 Å². The summed E-state index contributed by atoms with van der Waals surface area (Å²) in [5.41, 5.74) is -0.505. The van der Waals surface area contributed by atoms with Crippen molar-refractivity contribution in [1.29, 1.82) is 0 Å². The smallest absolute Gasteiger partial charge is 0.290 e. The molecule has 3 aliphatic rings. The van der Waals surface area contributed by atoms with E-state index in [1.54, 1.807) is 19.2 Å². The van der Waals surface area contributed by atoms with Crippen LogP contribution in [0.3, 0.4) is 0 Å². The van der Waals surface area contributed by atoms with Gasteiger partial charge in [0.15, 0.2) is 0 Å². The van der Waals surface area contributed by atoms with Crippen LogP contribution in [-0.4, -0.2) is 78.1 Å². The molecule has 1 aromatic carbocycles. The number of carbonyl (C=O) groups excluding carboxylic acids is 1. The van der Waals surface area contributed by atoms with Crippen molar-refractivity contribution in [3.8, 4) is 5.75 Å². The Balaban J connectivity index is 0.000000858. The van der Waals surface area contributed by atoms with E-state index in [1.165, 1.54) is 19.4 Å². The van der Waals surface area contributed by atoms with E-state index < -0.39 is 11.6 Å². The van der Waals surface area contributed by atoms with Gasteiger partial charge in [0.2, 0.25) is 0 Å². The average Bonchev–Trinajstić information content (AvgIpc) is 3.57. The fraction of sp³-hybridized carbons (Fsp3) is 0.652. The zero-order chi connectivity index (χ0) is 22.5. The summed E-state index contributed by atoms with van der Waals surface area (Å²) in [6.07, 6.45) is 4.54. The number of aliphatic hydroxyl groups excluding tert-OH is 1. The zero-order valence-electron chi connectivity index (χ0n) is 18.4. The maximum Gasteiger partial charge on any atom is 0.290 e. The number of methoxy groups -OCH3 is 1. The second-order valence-electron chi connectivity index (χ2n) is 9.11. The van der Waals surface area contributed by atoms with Gasteiger partial charge in [-0.05, 0) is 50.7 Å². The summed E-state index contributed by atoms with van der Waals surface area (Å²) in [5, 5.41) is 20.6. The summed E-state index contributed by atoms with van der Waals surface area (Å²) >= 11 is 0. The first-order valence-electron chi connectivity index (χ1n) is 10.9. The van der Waals surface area contributed by atoms with Crippen LogP contribution >= 0.6 is 0 Å². The molecule has 31 heavy (non-hydrogen) atoms. The Morgan fingerprint density at radius 1 is 1.32 bits per heavy atom. The molecule has 0 unspecified atom stereocenters. The molecular weight excluding hydrogens is 400 g/mol. The van der Waals surface area contributed by atoms with Crippen LogP contribution < -0.4 is 10.1 Å². The van der Waals surface area contributed by atoms with Crippen LogP contribution in [0.5, 0.6) is 5.75 Å². The van der Waals surface area contributed by atoms with Gasteiger partial charge in [0.05, 0.1) is 30.4 Å². The highest BCUT2D eigenvalue weighted by atomic mass is 16.5. The number of hydrogen-bond donors (Lipinski definition) is 3. The molecule has 172 valence electrons. The second kappa shape index (κ2) is 9.97. The summed E-state index contributed by atoms with van der Waals surface area (Å²) in [7, 11) is 1.56. The van der Waals surface area contributed by atoms with Gasteiger partial charge < -0.3 is 29.9 Å². The molecule has 1 spiro atoms. The summed E-state index contributed by atoms with van der Waals surface area (Å²) in [6.45, 7) is 5.21. The number of likely N-dealkylation sites (tertiary alicyclic amines) is 1. The van der Waals surface area contributed by atoms with Crippen molar-refractivity contribution in [1.82, 2.24) is 10.2 Å². The van der Waals surface area contributed by atoms with Crippen molar-refractivity contribution in [3.05, 3.63) is 29.8 Å². The molecule has 2 saturated heterocycles. The zero-order valence-corrected chi connectivity index (χ0v) is 18.4. The monoisotopic (exact) mass is 434 g/mol. The molecule has 2 aliphatic heterocycles. The van der Waals surface area contributed by atoms with Gasteiger partial charge in [0.1, 0.15) is 11.9 Å². The van der Waals surface area contributed by atoms with E-state index in [-0.39, 0.29) is 24.6 Å². The Bertz CT molecular complexity index is 760. The van der Waals surface area contributed by atoms with Crippen LogP contribution in [-0.2, 0) is 9.53 Å². The molecular formula is C23H34N2O6. The lowest BCUT2D eigenvalue weighted by Crippen LogP contribution is -2.65. The molecule has 2 atom stereocenters. The molecule has 0 bridgehead atoms. The number of amides is 1. The first-order valence-corrected chi connectivity index (χ1v) is 10.9. The normalized spacial score (nSPS) is 27.6. The van der Waals surface area contributed by atoms with E-state index in [0.29, 0.717) is 17.7 Å². The summed E-state index contributed by atoms with van der Waals surface area (Å²) < 4.78 is 11.5. The van der Waals surface area contributed by atoms with E-state index in [9.17, 15) is 9.90 Å². The molecule has 1 aromatic rings. The summed E-state index contributed by atoms with van der Waals surface area (Å²) in [6, 6.07) is 7.17.